The molecule has 6 heteroatoms. The second-order valence-corrected chi connectivity index (χ2v) is 5.94. The molecule has 24 heavy (non-hydrogen) atoms. The summed E-state index contributed by atoms with van der Waals surface area (Å²) < 4.78 is 12.4. The highest BCUT2D eigenvalue weighted by atomic mass is 16.5. The van der Waals surface area contributed by atoms with E-state index in [2.05, 4.69) is 21.1 Å². The molecule has 0 atom stereocenters. The van der Waals surface area contributed by atoms with Gasteiger partial charge in [-0.25, -0.2) is 0 Å². The van der Waals surface area contributed by atoms with Crippen LogP contribution in [-0.2, 0) is 16.0 Å². The molecule has 126 valence electrons. The molecule has 0 N–H and O–H groups in total. The zero-order valence-electron chi connectivity index (χ0n) is 14.3. The summed E-state index contributed by atoms with van der Waals surface area (Å²) in [5.41, 5.74) is 4.83. The van der Waals surface area contributed by atoms with Crippen molar-refractivity contribution < 1.29 is 9.47 Å². The van der Waals surface area contributed by atoms with E-state index in [0.717, 1.165) is 34.4 Å². The van der Waals surface area contributed by atoms with Crippen LogP contribution in [0.15, 0.2) is 36.8 Å². The molecule has 0 aromatic carbocycles. The van der Waals surface area contributed by atoms with Crippen LogP contribution in [0, 0.1) is 12.8 Å². The van der Waals surface area contributed by atoms with Crippen molar-refractivity contribution in [3.63, 3.8) is 0 Å². The molecule has 0 radical (unpaired) electrons. The third-order valence-corrected chi connectivity index (χ3v) is 3.89. The van der Waals surface area contributed by atoms with Crippen LogP contribution in [0.3, 0.4) is 0 Å². The Morgan fingerprint density at radius 2 is 1.83 bits per heavy atom. The number of fused-ring (bicyclic) bond motifs is 1. The average Bonchev–Trinajstić information content (AvgIpc) is 3.03. The highest BCUT2D eigenvalue weighted by Crippen LogP contribution is 2.22. The van der Waals surface area contributed by atoms with Gasteiger partial charge in [0.05, 0.1) is 30.4 Å². The van der Waals surface area contributed by atoms with Crippen molar-refractivity contribution in [1.82, 2.24) is 19.7 Å². The molecule has 0 bridgehead atoms. The van der Waals surface area contributed by atoms with Gasteiger partial charge in [0.15, 0.2) is 0 Å². The highest BCUT2D eigenvalue weighted by Gasteiger charge is 2.11. The first-order valence-corrected chi connectivity index (χ1v) is 7.93. The molecule has 0 spiro atoms. The van der Waals surface area contributed by atoms with Gasteiger partial charge in [-0.15, -0.1) is 0 Å². The van der Waals surface area contributed by atoms with E-state index in [1.54, 1.807) is 14.2 Å². The highest BCUT2D eigenvalue weighted by molar-refractivity contribution is 5.79. The fraction of sp³-hybridized carbons (Fsp3) is 0.389. The molecule has 0 aliphatic carbocycles. The predicted molar refractivity (Wildman–Crippen MR) is 92.7 cm³/mol. The monoisotopic (exact) mass is 326 g/mol. The lowest BCUT2D eigenvalue weighted by atomic mass is 10.1. The Hall–Kier alpha value is -2.31. The fourth-order valence-electron chi connectivity index (χ4n) is 2.77. The van der Waals surface area contributed by atoms with E-state index in [4.69, 9.17) is 9.47 Å². The lowest BCUT2D eigenvalue weighted by Gasteiger charge is -2.14. The maximum Gasteiger partial charge on any atom is 0.0896 e. The number of aromatic nitrogens is 4. The summed E-state index contributed by atoms with van der Waals surface area (Å²) in [4.78, 5) is 9.03. The van der Waals surface area contributed by atoms with Crippen molar-refractivity contribution in [2.24, 2.45) is 5.92 Å². The molecule has 0 saturated carbocycles. The van der Waals surface area contributed by atoms with E-state index in [1.807, 2.05) is 42.3 Å². The minimum Gasteiger partial charge on any atom is -0.384 e. The number of pyridine rings is 2. The summed E-state index contributed by atoms with van der Waals surface area (Å²) in [5.74, 6) is 0.270. The zero-order chi connectivity index (χ0) is 16.9. The van der Waals surface area contributed by atoms with Crippen molar-refractivity contribution in [2.45, 2.75) is 13.5 Å². The zero-order valence-corrected chi connectivity index (χ0v) is 14.3. The normalized spacial score (nSPS) is 11.5. The van der Waals surface area contributed by atoms with Crippen LogP contribution in [-0.4, -0.2) is 47.2 Å². The van der Waals surface area contributed by atoms with Gasteiger partial charge in [-0.05, 0) is 25.1 Å². The standard InChI is InChI=1S/C18H22N4O2/c1-13-4-5-17-18(21-13)6-15(7-19-17)16-8-20-22(10-16)9-14(11-23-2)12-24-3/h4-8,10,14H,9,11-12H2,1-3H3. The number of hydrogen-bond donors (Lipinski definition) is 0. The third-order valence-electron chi connectivity index (χ3n) is 3.89. The minimum absolute atomic E-state index is 0.270. The van der Waals surface area contributed by atoms with Gasteiger partial charge in [0, 0.05) is 55.9 Å². The lowest BCUT2D eigenvalue weighted by Crippen LogP contribution is -2.20. The molecule has 3 heterocycles. The number of ether oxygens (including phenoxy) is 2. The third kappa shape index (κ3) is 3.77. The maximum atomic E-state index is 5.24. The average molecular weight is 326 g/mol. The second-order valence-electron chi connectivity index (χ2n) is 5.94. The Morgan fingerprint density at radius 3 is 2.58 bits per heavy atom. The van der Waals surface area contributed by atoms with Crippen LogP contribution >= 0.6 is 0 Å². The van der Waals surface area contributed by atoms with Crippen molar-refractivity contribution >= 4 is 11.0 Å². The van der Waals surface area contributed by atoms with Crippen LogP contribution < -0.4 is 0 Å². The van der Waals surface area contributed by atoms with Gasteiger partial charge in [-0.2, -0.15) is 5.10 Å². The number of aryl methyl sites for hydroxylation is 1. The topological polar surface area (TPSA) is 62.1 Å². The molecule has 6 nitrogen and oxygen atoms in total. The number of rotatable bonds is 7. The van der Waals surface area contributed by atoms with Gasteiger partial charge < -0.3 is 9.47 Å². The van der Waals surface area contributed by atoms with Crippen molar-refractivity contribution in [2.75, 3.05) is 27.4 Å². The number of nitrogens with zero attached hydrogens (tertiary/aromatic N) is 4. The van der Waals surface area contributed by atoms with Crippen molar-refractivity contribution in [3.05, 3.63) is 42.5 Å². The fourth-order valence-corrected chi connectivity index (χ4v) is 2.77. The van der Waals surface area contributed by atoms with Crippen LogP contribution in [0.1, 0.15) is 5.69 Å². The Kier molecular flexibility index (Phi) is 5.17. The molecule has 0 saturated heterocycles. The summed E-state index contributed by atoms with van der Waals surface area (Å²) in [6.45, 7) is 4.02. The molecular formula is C18H22N4O2. The molecule has 0 amide bonds. The Morgan fingerprint density at radius 1 is 1.04 bits per heavy atom. The van der Waals surface area contributed by atoms with Crippen molar-refractivity contribution in [3.8, 4) is 11.1 Å². The van der Waals surface area contributed by atoms with Gasteiger partial charge in [0.1, 0.15) is 0 Å². The first kappa shape index (κ1) is 16.5. The molecule has 3 aromatic rings. The summed E-state index contributed by atoms with van der Waals surface area (Å²) >= 11 is 0. The van der Waals surface area contributed by atoms with Crippen LogP contribution in [0.25, 0.3) is 22.2 Å². The first-order chi connectivity index (χ1) is 11.7. The van der Waals surface area contributed by atoms with Gasteiger partial charge in [0.2, 0.25) is 0 Å². The van der Waals surface area contributed by atoms with Gasteiger partial charge in [0.25, 0.3) is 0 Å². The minimum atomic E-state index is 0.270. The van der Waals surface area contributed by atoms with E-state index in [9.17, 15) is 0 Å². The summed E-state index contributed by atoms with van der Waals surface area (Å²) in [6.07, 6.45) is 5.74. The van der Waals surface area contributed by atoms with Crippen LogP contribution in [0.2, 0.25) is 0 Å². The number of methoxy groups -OCH3 is 2. The number of hydrogen-bond acceptors (Lipinski definition) is 5. The lowest BCUT2D eigenvalue weighted by molar-refractivity contribution is 0.0743. The first-order valence-electron chi connectivity index (χ1n) is 7.93. The Labute approximate surface area is 141 Å². The van der Waals surface area contributed by atoms with E-state index in [1.165, 1.54) is 0 Å². The van der Waals surface area contributed by atoms with E-state index < -0.39 is 0 Å². The van der Waals surface area contributed by atoms with E-state index in [-0.39, 0.29) is 5.92 Å². The van der Waals surface area contributed by atoms with E-state index in [0.29, 0.717) is 13.2 Å². The molecule has 3 aromatic heterocycles. The maximum absolute atomic E-state index is 5.24. The molecule has 3 rings (SSSR count). The molecule has 0 aliphatic rings. The van der Waals surface area contributed by atoms with Crippen LogP contribution in [0.5, 0.6) is 0 Å². The van der Waals surface area contributed by atoms with Gasteiger partial charge in [-0.3, -0.25) is 14.6 Å². The van der Waals surface area contributed by atoms with Crippen molar-refractivity contribution in [1.29, 1.82) is 0 Å². The van der Waals surface area contributed by atoms with E-state index >= 15 is 0 Å². The smallest absolute Gasteiger partial charge is 0.0896 e. The summed E-state index contributed by atoms with van der Waals surface area (Å²) in [7, 11) is 3.40. The summed E-state index contributed by atoms with van der Waals surface area (Å²) in [6, 6.07) is 6.02. The molecule has 0 aliphatic heterocycles. The SMILES string of the molecule is COCC(COC)Cn1cc(-c2cnc3ccc(C)nc3c2)cn1. The molecule has 0 fully saturated rings. The Bertz CT molecular complexity index is 810. The predicted octanol–water partition coefficient (Wildman–Crippen LogP) is 2.71. The van der Waals surface area contributed by atoms with Gasteiger partial charge >= 0.3 is 0 Å². The largest absolute Gasteiger partial charge is 0.384 e. The van der Waals surface area contributed by atoms with Crippen LogP contribution in [0.4, 0.5) is 0 Å². The molecule has 0 unspecified atom stereocenters. The molecular weight excluding hydrogens is 304 g/mol. The second kappa shape index (κ2) is 7.51. The Balaban J connectivity index is 1.82. The quantitative estimate of drug-likeness (QED) is 0.668. The summed E-state index contributed by atoms with van der Waals surface area (Å²) in [5, 5.41) is 4.45. The van der Waals surface area contributed by atoms with Gasteiger partial charge in [-0.1, -0.05) is 0 Å².